The molecule has 0 spiro atoms. The molecule has 1 rings (SSSR count). The molecular weight excluding hydrogens is 212 g/mol. The third-order valence-electron chi connectivity index (χ3n) is 2.95. The molecule has 0 aliphatic carbocycles. The molecule has 1 aromatic carbocycles. The van der Waals surface area contributed by atoms with Gasteiger partial charge in [-0.05, 0) is 43.5 Å². The lowest BCUT2D eigenvalue weighted by atomic mass is 10.0. The van der Waals surface area contributed by atoms with Crippen LogP contribution >= 0.6 is 0 Å². The maximum atomic E-state index is 10.9. The number of carbonyl (C=O) groups is 1. The fraction of sp³-hybridized carbons (Fsp3) is 0.533. The molecule has 0 bridgehead atoms. The standard InChI is InChI=1S/C15H22O2/c1-4-5-6-7-8-17-14-9-12(2)15(11-16)13(3)10-14/h9-11H,4-8H2,1-3H3. The molecule has 2 heteroatoms. The Labute approximate surface area is 104 Å². The van der Waals surface area contributed by atoms with Gasteiger partial charge < -0.3 is 4.74 Å². The lowest BCUT2D eigenvalue weighted by Crippen LogP contribution is -2.00. The minimum absolute atomic E-state index is 0.763. The van der Waals surface area contributed by atoms with E-state index >= 15 is 0 Å². The van der Waals surface area contributed by atoms with Crippen LogP contribution in [0.2, 0.25) is 0 Å². The highest BCUT2D eigenvalue weighted by molar-refractivity contribution is 5.80. The van der Waals surface area contributed by atoms with Crippen LogP contribution in [-0.4, -0.2) is 12.9 Å². The van der Waals surface area contributed by atoms with Crippen LogP contribution in [0.25, 0.3) is 0 Å². The summed E-state index contributed by atoms with van der Waals surface area (Å²) < 4.78 is 5.70. The third-order valence-corrected chi connectivity index (χ3v) is 2.95. The quantitative estimate of drug-likeness (QED) is 0.525. The Morgan fingerprint density at radius 1 is 1.12 bits per heavy atom. The molecule has 0 unspecified atom stereocenters. The van der Waals surface area contributed by atoms with E-state index in [1.54, 1.807) is 0 Å². The molecule has 0 aliphatic heterocycles. The fourth-order valence-electron chi connectivity index (χ4n) is 1.92. The molecule has 1 aromatic rings. The van der Waals surface area contributed by atoms with Gasteiger partial charge in [-0.1, -0.05) is 26.2 Å². The summed E-state index contributed by atoms with van der Waals surface area (Å²) in [5.74, 6) is 0.877. The van der Waals surface area contributed by atoms with Gasteiger partial charge in [0.25, 0.3) is 0 Å². The second-order valence-electron chi connectivity index (χ2n) is 4.50. The van der Waals surface area contributed by atoms with Crippen molar-refractivity contribution in [2.75, 3.05) is 6.61 Å². The van der Waals surface area contributed by atoms with Gasteiger partial charge in [-0.3, -0.25) is 4.79 Å². The van der Waals surface area contributed by atoms with Gasteiger partial charge in [0.1, 0.15) is 5.75 Å². The van der Waals surface area contributed by atoms with Gasteiger partial charge in [-0.2, -0.15) is 0 Å². The van der Waals surface area contributed by atoms with E-state index in [1.807, 2.05) is 26.0 Å². The van der Waals surface area contributed by atoms with E-state index in [0.29, 0.717) is 0 Å². The number of hydrogen-bond acceptors (Lipinski definition) is 2. The number of carbonyl (C=O) groups excluding carboxylic acids is 1. The minimum Gasteiger partial charge on any atom is -0.494 e. The molecule has 2 nitrogen and oxygen atoms in total. The van der Waals surface area contributed by atoms with Crippen molar-refractivity contribution < 1.29 is 9.53 Å². The maximum absolute atomic E-state index is 10.9. The second-order valence-corrected chi connectivity index (χ2v) is 4.50. The van der Waals surface area contributed by atoms with Crippen LogP contribution in [-0.2, 0) is 0 Å². The summed E-state index contributed by atoms with van der Waals surface area (Å²) in [5, 5.41) is 0. The number of benzene rings is 1. The van der Waals surface area contributed by atoms with Gasteiger partial charge in [0, 0.05) is 5.56 Å². The Kier molecular flexibility index (Phi) is 5.75. The first-order valence-electron chi connectivity index (χ1n) is 6.38. The summed E-state index contributed by atoms with van der Waals surface area (Å²) in [5.41, 5.74) is 2.76. The normalized spacial score (nSPS) is 10.3. The second kappa shape index (κ2) is 7.10. The number of unbranched alkanes of at least 4 members (excludes halogenated alkanes) is 3. The van der Waals surface area contributed by atoms with Crippen molar-refractivity contribution in [3.05, 3.63) is 28.8 Å². The van der Waals surface area contributed by atoms with Crippen LogP contribution in [0.3, 0.4) is 0 Å². The molecule has 17 heavy (non-hydrogen) atoms. The van der Waals surface area contributed by atoms with Gasteiger partial charge in [0.15, 0.2) is 6.29 Å². The van der Waals surface area contributed by atoms with Gasteiger partial charge in [0.05, 0.1) is 6.61 Å². The predicted molar refractivity (Wildman–Crippen MR) is 70.9 cm³/mol. The summed E-state index contributed by atoms with van der Waals surface area (Å²) in [6.07, 6.45) is 5.75. The van der Waals surface area contributed by atoms with Crippen molar-refractivity contribution in [2.24, 2.45) is 0 Å². The highest BCUT2D eigenvalue weighted by Gasteiger charge is 2.04. The van der Waals surface area contributed by atoms with Crippen LogP contribution in [0.1, 0.15) is 54.1 Å². The SMILES string of the molecule is CCCCCCOc1cc(C)c(C=O)c(C)c1. The van der Waals surface area contributed by atoms with E-state index in [2.05, 4.69) is 6.92 Å². The van der Waals surface area contributed by atoms with E-state index < -0.39 is 0 Å². The molecule has 0 radical (unpaired) electrons. The summed E-state index contributed by atoms with van der Waals surface area (Å²) >= 11 is 0. The number of rotatable bonds is 7. The van der Waals surface area contributed by atoms with Crippen molar-refractivity contribution in [3.63, 3.8) is 0 Å². The van der Waals surface area contributed by atoms with Crippen LogP contribution in [0.4, 0.5) is 0 Å². The monoisotopic (exact) mass is 234 g/mol. The Morgan fingerprint density at radius 3 is 2.29 bits per heavy atom. The zero-order chi connectivity index (χ0) is 12.7. The maximum Gasteiger partial charge on any atom is 0.150 e. The van der Waals surface area contributed by atoms with Crippen molar-refractivity contribution in [1.29, 1.82) is 0 Å². The first-order chi connectivity index (χ1) is 8.19. The lowest BCUT2D eigenvalue weighted by Gasteiger charge is -2.10. The minimum atomic E-state index is 0.763. The number of aldehydes is 1. The Balaban J connectivity index is 2.52. The van der Waals surface area contributed by atoms with Crippen LogP contribution in [0.15, 0.2) is 12.1 Å². The molecule has 0 aromatic heterocycles. The Morgan fingerprint density at radius 2 is 1.76 bits per heavy atom. The first kappa shape index (κ1) is 13.8. The fourth-order valence-corrected chi connectivity index (χ4v) is 1.92. The van der Waals surface area contributed by atoms with Crippen LogP contribution in [0, 0.1) is 13.8 Å². The highest BCUT2D eigenvalue weighted by Crippen LogP contribution is 2.20. The molecule has 0 amide bonds. The molecule has 94 valence electrons. The molecule has 0 fully saturated rings. The topological polar surface area (TPSA) is 26.3 Å². The highest BCUT2D eigenvalue weighted by atomic mass is 16.5. The molecule has 0 aliphatic rings. The molecule has 0 saturated carbocycles. The van der Waals surface area contributed by atoms with Crippen molar-refractivity contribution in [1.82, 2.24) is 0 Å². The Hall–Kier alpha value is -1.31. The van der Waals surface area contributed by atoms with Gasteiger partial charge in [-0.25, -0.2) is 0 Å². The van der Waals surface area contributed by atoms with Crippen molar-refractivity contribution in [2.45, 2.75) is 46.5 Å². The van der Waals surface area contributed by atoms with Gasteiger partial charge in [0.2, 0.25) is 0 Å². The van der Waals surface area contributed by atoms with Gasteiger partial charge >= 0.3 is 0 Å². The largest absolute Gasteiger partial charge is 0.494 e. The summed E-state index contributed by atoms with van der Waals surface area (Å²) in [7, 11) is 0. The average Bonchev–Trinajstić information content (AvgIpc) is 2.28. The molecule has 0 heterocycles. The third kappa shape index (κ3) is 4.22. The smallest absolute Gasteiger partial charge is 0.150 e. The van der Waals surface area contributed by atoms with E-state index in [9.17, 15) is 4.79 Å². The summed E-state index contributed by atoms with van der Waals surface area (Å²) in [4.78, 5) is 10.9. The van der Waals surface area contributed by atoms with Crippen LogP contribution < -0.4 is 4.74 Å². The zero-order valence-electron chi connectivity index (χ0n) is 11.1. The first-order valence-corrected chi connectivity index (χ1v) is 6.38. The van der Waals surface area contributed by atoms with Crippen molar-refractivity contribution in [3.8, 4) is 5.75 Å². The zero-order valence-corrected chi connectivity index (χ0v) is 11.1. The summed E-state index contributed by atoms with van der Waals surface area (Å²) in [6.45, 7) is 6.85. The molecule has 0 N–H and O–H groups in total. The molecular formula is C15H22O2. The predicted octanol–water partition coefficient (Wildman–Crippen LogP) is 4.08. The van der Waals surface area contributed by atoms with E-state index in [1.165, 1.54) is 19.3 Å². The van der Waals surface area contributed by atoms with Crippen molar-refractivity contribution >= 4 is 6.29 Å². The lowest BCUT2D eigenvalue weighted by molar-refractivity contribution is 0.112. The summed E-state index contributed by atoms with van der Waals surface area (Å²) in [6, 6.07) is 3.88. The van der Waals surface area contributed by atoms with Crippen LogP contribution in [0.5, 0.6) is 5.75 Å². The molecule has 0 saturated heterocycles. The Bertz CT molecular complexity index is 346. The van der Waals surface area contributed by atoms with E-state index in [4.69, 9.17) is 4.74 Å². The average molecular weight is 234 g/mol. The van der Waals surface area contributed by atoms with E-state index in [0.717, 1.165) is 41.8 Å². The number of hydrogen-bond donors (Lipinski definition) is 0. The van der Waals surface area contributed by atoms with Gasteiger partial charge in [-0.15, -0.1) is 0 Å². The number of aryl methyl sites for hydroxylation is 2. The molecule has 0 atom stereocenters. The van der Waals surface area contributed by atoms with E-state index in [-0.39, 0.29) is 0 Å². The number of ether oxygens (including phenoxy) is 1.